The smallest absolute Gasteiger partial charge is 0.140 e. The van der Waals surface area contributed by atoms with Crippen LogP contribution in [0.3, 0.4) is 0 Å². The molecular formula is C16H14ClNO2S. The lowest BCUT2D eigenvalue weighted by atomic mass is 10.2. The quantitative estimate of drug-likeness (QED) is 0.643. The van der Waals surface area contributed by atoms with Gasteiger partial charge in [0.1, 0.15) is 23.1 Å². The molecule has 1 aromatic heterocycles. The van der Waals surface area contributed by atoms with Crippen LogP contribution in [0.5, 0.6) is 11.5 Å². The van der Waals surface area contributed by atoms with Gasteiger partial charge >= 0.3 is 0 Å². The number of rotatable bonds is 5. The molecule has 0 aliphatic rings. The molecule has 0 bridgehead atoms. The number of benzene rings is 2. The van der Waals surface area contributed by atoms with Crippen LogP contribution in [-0.2, 0) is 12.5 Å². The molecule has 0 aliphatic carbocycles. The summed E-state index contributed by atoms with van der Waals surface area (Å²) in [7, 11) is 1.63. The van der Waals surface area contributed by atoms with Crippen molar-refractivity contribution in [1.82, 2.24) is 4.98 Å². The summed E-state index contributed by atoms with van der Waals surface area (Å²) < 4.78 is 12.2. The van der Waals surface area contributed by atoms with Crippen molar-refractivity contribution in [3.05, 3.63) is 53.0 Å². The molecule has 0 spiro atoms. The number of methoxy groups -OCH3 is 1. The molecule has 0 aliphatic heterocycles. The van der Waals surface area contributed by atoms with E-state index in [0.717, 1.165) is 27.6 Å². The third-order valence-electron chi connectivity index (χ3n) is 3.10. The van der Waals surface area contributed by atoms with Gasteiger partial charge in [0, 0.05) is 5.56 Å². The first-order chi connectivity index (χ1) is 10.3. The zero-order chi connectivity index (χ0) is 14.7. The second kappa shape index (κ2) is 6.33. The Bertz CT molecular complexity index is 724. The largest absolute Gasteiger partial charge is 0.497 e. The molecule has 0 saturated heterocycles. The van der Waals surface area contributed by atoms with E-state index in [2.05, 4.69) is 11.1 Å². The minimum atomic E-state index is 0.381. The zero-order valence-electron chi connectivity index (χ0n) is 11.5. The standard InChI is InChI=1S/C16H14ClNO2S/c1-19-12-6-7-14(11(8-12)9-17)20-10-16-18-13-4-2-3-5-15(13)21-16/h2-8H,9-10H2,1H3. The Kier molecular flexibility index (Phi) is 4.27. The number of halogens is 1. The second-order valence-corrected chi connectivity index (χ2v) is 5.85. The van der Waals surface area contributed by atoms with E-state index >= 15 is 0 Å². The highest BCUT2D eigenvalue weighted by molar-refractivity contribution is 7.18. The highest BCUT2D eigenvalue weighted by Crippen LogP contribution is 2.28. The van der Waals surface area contributed by atoms with Gasteiger partial charge in [0.2, 0.25) is 0 Å². The highest BCUT2D eigenvalue weighted by atomic mass is 35.5. The average molecular weight is 320 g/mol. The van der Waals surface area contributed by atoms with E-state index in [4.69, 9.17) is 21.1 Å². The van der Waals surface area contributed by atoms with E-state index in [1.807, 2.05) is 36.4 Å². The van der Waals surface area contributed by atoms with Crippen LogP contribution in [0, 0.1) is 0 Å². The molecule has 0 fully saturated rings. The monoisotopic (exact) mass is 319 g/mol. The molecule has 3 nitrogen and oxygen atoms in total. The number of nitrogens with zero attached hydrogens (tertiary/aromatic N) is 1. The molecule has 0 atom stereocenters. The molecule has 1 heterocycles. The van der Waals surface area contributed by atoms with E-state index in [1.54, 1.807) is 18.4 Å². The molecule has 0 amide bonds. The van der Waals surface area contributed by atoms with Crippen LogP contribution in [-0.4, -0.2) is 12.1 Å². The number of hydrogen-bond donors (Lipinski definition) is 0. The number of thiazole rings is 1. The summed E-state index contributed by atoms with van der Waals surface area (Å²) >= 11 is 7.60. The van der Waals surface area contributed by atoms with E-state index in [0.29, 0.717) is 12.5 Å². The fraction of sp³-hybridized carbons (Fsp3) is 0.188. The van der Waals surface area contributed by atoms with Gasteiger partial charge in [0.05, 0.1) is 23.2 Å². The molecule has 0 unspecified atom stereocenters. The van der Waals surface area contributed by atoms with Gasteiger partial charge in [0.15, 0.2) is 0 Å². The number of hydrogen-bond acceptors (Lipinski definition) is 4. The molecule has 3 rings (SSSR count). The second-order valence-electron chi connectivity index (χ2n) is 4.47. The number of aromatic nitrogens is 1. The Hall–Kier alpha value is -1.78. The van der Waals surface area contributed by atoms with E-state index in [9.17, 15) is 0 Å². The van der Waals surface area contributed by atoms with E-state index < -0.39 is 0 Å². The SMILES string of the molecule is COc1ccc(OCc2nc3ccccc3s2)c(CCl)c1. The van der Waals surface area contributed by atoms with Crippen LogP contribution in [0.15, 0.2) is 42.5 Å². The first-order valence-corrected chi connectivity index (χ1v) is 7.85. The van der Waals surface area contributed by atoms with Crippen molar-refractivity contribution >= 4 is 33.2 Å². The molecule has 0 N–H and O–H groups in total. The highest BCUT2D eigenvalue weighted by Gasteiger charge is 2.08. The maximum absolute atomic E-state index is 5.96. The van der Waals surface area contributed by atoms with Gasteiger partial charge in [-0.25, -0.2) is 4.98 Å². The number of alkyl halides is 1. The summed E-state index contributed by atoms with van der Waals surface area (Å²) in [5.74, 6) is 1.93. The van der Waals surface area contributed by atoms with Gasteiger partial charge in [-0.15, -0.1) is 22.9 Å². The summed E-state index contributed by atoms with van der Waals surface area (Å²) in [6.45, 7) is 0.440. The topological polar surface area (TPSA) is 31.4 Å². The lowest BCUT2D eigenvalue weighted by Gasteiger charge is -2.10. The maximum Gasteiger partial charge on any atom is 0.140 e. The summed E-state index contributed by atoms with van der Waals surface area (Å²) in [6, 6.07) is 13.7. The van der Waals surface area contributed by atoms with Crippen molar-refractivity contribution in [3.63, 3.8) is 0 Å². The van der Waals surface area contributed by atoms with Gasteiger partial charge in [0.25, 0.3) is 0 Å². The van der Waals surface area contributed by atoms with Crippen LogP contribution >= 0.6 is 22.9 Å². The third-order valence-corrected chi connectivity index (χ3v) is 4.40. The molecule has 2 aromatic carbocycles. The van der Waals surface area contributed by atoms with Gasteiger partial charge in [-0.05, 0) is 30.3 Å². The zero-order valence-corrected chi connectivity index (χ0v) is 13.1. The average Bonchev–Trinajstić information content (AvgIpc) is 2.95. The van der Waals surface area contributed by atoms with Gasteiger partial charge in [-0.1, -0.05) is 12.1 Å². The summed E-state index contributed by atoms with van der Waals surface area (Å²) in [5.41, 5.74) is 1.92. The Morgan fingerprint density at radius 3 is 2.81 bits per heavy atom. The number of para-hydroxylation sites is 1. The van der Waals surface area contributed by atoms with Crippen LogP contribution in [0.25, 0.3) is 10.2 Å². The van der Waals surface area contributed by atoms with E-state index in [-0.39, 0.29) is 0 Å². The molecule has 3 aromatic rings. The first kappa shape index (κ1) is 14.2. The summed E-state index contributed by atoms with van der Waals surface area (Å²) in [6.07, 6.45) is 0. The van der Waals surface area contributed by atoms with Crippen molar-refractivity contribution < 1.29 is 9.47 Å². The summed E-state index contributed by atoms with van der Waals surface area (Å²) in [5, 5.41) is 0.951. The van der Waals surface area contributed by atoms with Crippen molar-refractivity contribution in [1.29, 1.82) is 0 Å². The predicted octanol–water partition coefficient (Wildman–Crippen LogP) is 4.62. The summed E-state index contributed by atoms with van der Waals surface area (Å²) in [4.78, 5) is 4.55. The van der Waals surface area contributed by atoms with Crippen molar-refractivity contribution in [2.24, 2.45) is 0 Å². The van der Waals surface area contributed by atoms with E-state index in [1.165, 1.54) is 4.70 Å². The van der Waals surface area contributed by atoms with Crippen LogP contribution in [0.2, 0.25) is 0 Å². The third kappa shape index (κ3) is 3.12. The molecular weight excluding hydrogens is 306 g/mol. The fourth-order valence-corrected chi connectivity index (χ4v) is 3.14. The Morgan fingerprint density at radius 1 is 1.19 bits per heavy atom. The lowest BCUT2D eigenvalue weighted by Crippen LogP contribution is -1.98. The molecule has 0 radical (unpaired) electrons. The molecule has 21 heavy (non-hydrogen) atoms. The van der Waals surface area contributed by atoms with Crippen LogP contribution in [0.1, 0.15) is 10.6 Å². The molecule has 108 valence electrons. The maximum atomic E-state index is 5.96. The van der Waals surface area contributed by atoms with Crippen LogP contribution in [0.4, 0.5) is 0 Å². The van der Waals surface area contributed by atoms with Crippen molar-refractivity contribution in [2.75, 3.05) is 7.11 Å². The number of fused-ring (bicyclic) bond motifs is 1. The van der Waals surface area contributed by atoms with Gasteiger partial charge in [-0.3, -0.25) is 0 Å². The first-order valence-electron chi connectivity index (χ1n) is 6.50. The fourth-order valence-electron chi connectivity index (χ4n) is 2.05. The Labute approximate surface area is 132 Å². The minimum absolute atomic E-state index is 0.381. The Morgan fingerprint density at radius 2 is 2.05 bits per heavy atom. The van der Waals surface area contributed by atoms with Crippen molar-refractivity contribution in [2.45, 2.75) is 12.5 Å². The molecule has 0 saturated carbocycles. The minimum Gasteiger partial charge on any atom is -0.497 e. The van der Waals surface area contributed by atoms with Gasteiger partial charge in [-0.2, -0.15) is 0 Å². The van der Waals surface area contributed by atoms with Crippen LogP contribution < -0.4 is 9.47 Å². The van der Waals surface area contributed by atoms with Crippen molar-refractivity contribution in [3.8, 4) is 11.5 Å². The molecule has 5 heteroatoms. The number of ether oxygens (including phenoxy) is 2. The van der Waals surface area contributed by atoms with Gasteiger partial charge < -0.3 is 9.47 Å². The Balaban J connectivity index is 1.77. The predicted molar refractivity (Wildman–Crippen MR) is 86.5 cm³/mol. The lowest BCUT2D eigenvalue weighted by molar-refractivity contribution is 0.302. The normalized spacial score (nSPS) is 10.8.